The number of thioether (sulfide) groups is 1. The maximum Gasteiger partial charge on any atom is 0.103 e. The van der Waals surface area contributed by atoms with Crippen molar-refractivity contribution >= 4 is 23.1 Å². The van der Waals surface area contributed by atoms with E-state index in [4.69, 9.17) is 0 Å². The zero-order valence-electron chi connectivity index (χ0n) is 9.80. The van der Waals surface area contributed by atoms with Gasteiger partial charge in [-0.05, 0) is 18.7 Å². The topological polar surface area (TPSA) is 24.9 Å². The second-order valence-corrected chi connectivity index (χ2v) is 5.69. The molecule has 0 saturated heterocycles. The first kappa shape index (κ1) is 13.0. The number of aryl methyl sites for hydroxylation is 1. The van der Waals surface area contributed by atoms with Crippen LogP contribution >= 0.6 is 23.1 Å². The average Bonchev–Trinajstić information content (AvgIpc) is 2.66. The van der Waals surface area contributed by atoms with E-state index < -0.39 is 0 Å². The summed E-state index contributed by atoms with van der Waals surface area (Å²) >= 11 is 3.81. The highest BCUT2D eigenvalue weighted by molar-refractivity contribution is 7.98. The van der Waals surface area contributed by atoms with E-state index in [1.807, 2.05) is 23.1 Å². The lowest BCUT2D eigenvalue weighted by Crippen LogP contribution is -2.11. The molecule has 1 N–H and O–H groups in total. The summed E-state index contributed by atoms with van der Waals surface area (Å²) in [4.78, 5) is 6.10. The van der Waals surface area contributed by atoms with Crippen molar-refractivity contribution in [3.63, 3.8) is 0 Å². The molecule has 0 radical (unpaired) electrons. The lowest BCUT2D eigenvalue weighted by molar-refractivity contribution is 0.727. The standard InChI is InChI=1S/C11H20N2S2/c1-4-9-10(7-12-5-2)15-11(13-9)8-14-6-3/h12H,4-8H2,1-3H3. The van der Waals surface area contributed by atoms with Gasteiger partial charge in [-0.3, -0.25) is 0 Å². The number of hydrogen-bond donors (Lipinski definition) is 1. The summed E-state index contributed by atoms with van der Waals surface area (Å²) in [5.74, 6) is 2.24. The number of thiazole rings is 1. The van der Waals surface area contributed by atoms with Gasteiger partial charge < -0.3 is 5.32 Å². The van der Waals surface area contributed by atoms with Gasteiger partial charge in [0.1, 0.15) is 5.01 Å². The summed E-state index contributed by atoms with van der Waals surface area (Å²) in [5.41, 5.74) is 1.28. The molecule has 0 aliphatic rings. The molecule has 0 unspecified atom stereocenters. The van der Waals surface area contributed by atoms with Crippen LogP contribution in [0, 0.1) is 0 Å². The SMILES string of the molecule is CCNCc1sc(CSCC)nc1CC. The first-order valence-electron chi connectivity index (χ1n) is 5.57. The Hall–Kier alpha value is -0.0600. The first-order chi connectivity index (χ1) is 7.31. The summed E-state index contributed by atoms with van der Waals surface area (Å²) in [5, 5.41) is 4.66. The molecule has 86 valence electrons. The van der Waals surface area contributed by atoms with Crippen LogP contribution in [0.25, 0.3) is 0 Å². The number of aromatic nitrogens is 1. The summed E-state index contributed by atoms with van der Waals surface area (Å²) in [6, 6.07) is 0. The fourth-order valence-corrected chi connectivity index (χ4v) is 3.19. The van der Waals surface area contributed by atoms with E-state index in [9.17, 15) is 0 Å². The quantitative estimate of drug-likeness (QED) is 0.798. The average molecular weight is 244 g/mol. The molecule has 15 heavy (non-hydrogen) atoms. The lowest BCUT2D eigenvalue weighted by atomic mass is 10.3. The molecular formula is C11H20N2S2. The predicted molar refractivity (Wildman–Crippen MR) is 70.7 cm³/mol. The summed E-state index contributed by atoms with van der Waals surface area (Å²) < 4.78 is 0. The summed E-state index contributed by atoms with van der Waals surface area (Å²) in [6.07, 6.45) is 1.05. The van der Waals surface area contributed by atoms with Gasteiger partial charge in [0.05, 0.1) is 5.69 Å². The minimum atomic E-state index is 0.980. The molecular weight excluding hydrogens is 224 g/mol. The molecule has 0 amide bonds. The minimum Gasteiger partial charge on any atom is -0.312 e. The van der Waals surface area contributed by atoms with Gasteiger partial charge >= 0.3 is 0 Å². The van der Waals surface area contributed by atoms with Crippen molar-refractivity contribution < 1.29 is 0 Å². The van der Waals surface area contributed by atoms with Crippen LogP contribution in [0.3, 0.4) is 0 Å². The fourth-order valence-electron chi connectivity index (χ4n) is 1.34. The Morgan fingerprint density at radius 2 is 2.13 bits per heavy atom. The second kappa shape index (κ2) is 7.25. The van der Waals surface area contributed by atoms with E-state index in [2.05, 4.69) is 31.1 Å². The van der Waals surface area contributed by atoms with Gasteiger partial charge in [-0.15, -0.1) is 11.3 Å². The molecule has 2 nitrogen and oxygen atoms in total. The van der Waals surface area contributed by atoms with Crippen LogP contribution in [0.15, 0.2) is 0 Å². The maximum atomic E-state index is 4.68. The van der Waals surface area contributed by atoms with Gasteiger partial charge in [0.25, 0.3) is 0 Å². The largest absolute Gasteiger partial charge is 0.312 e. The van der Waals surface area contributed by atoms with Crippen LogP contribution in [0.1, 0.15) is 36.3 Å². The fraction of sp³-hybridized carbons (Fsp3) is 0.727. The van der Waals surface area contributed by atoms with Crippen molar-refractivity contribution in [1.82, 2.24) is 10.3 Å². The second-order valence-electron chi connectivity index (χ2n) is 3.25. The Bertz CT molecular complexity index is 284. The third-order valence-corrected chi connectivity index (χ3v) is 4.29. The first-order valence-corrected chi connectivity index (χ1v) is 7.54. The Labute approximate surface area is 101 Å². The molecule has 1 heterocycles. The van der Waals surface area contributed by atoms with Crippen molar-refractivity contribution in [3.05, 3.63) is 15.6 Å². The number of rotatable bonds is 7. The van der Waals surface area contributed by atoms with E-state index in [1.165, 1.54) is 21.3 Å². The van der Waals surface area contributed by atoms with Gasteiger partial charge in [0, 0.05) is 17.2 Å². The molecule has 0 aromatic carbocycles. The van der Waals surface area contributed by atoms with Crippen LogP contribution in [0.5, 0.6) is 0 Å². The molecule has 0 fully saturated rings. The Morgan fingerprint density at radius 3 is 2.73 bits per heavy atom. The highest BCUT2D eigenvalue weighted by Crippen LogP contribution is 2.22. The monoisotopic (exact) mass is 244 g/mol. The number of nitrogens with zero attached hydrogens (tertiary/aromatic N) is 1. The molecule has 1 aromatic heterocycles. The van der Waals surface area contributed by atoms with Crippen LogP contribution in [-0.4, -0.2) is 17.3 Å². The van der Waals surface area contributed by atoms with E-state index in [0.29, 0.717) is 0 Å². The van der Waals surface area contributed by atoms with Crippen molar-refractivity contribution in [2.24, 2.45) is 0 Å². The third kappa shape index (κ3) is 4.13. The molecule has 0 atom stereocenters. The van der Waals surface area contributed by atoms with Crippen molar-refractivity contribution in [2.45, 2.75) is 39.5 Å². The molecule has 0 spiro atoms. The number of nitrogens with one attached hydrogen (secondary N) is 1. The highest BCUT2D eigenvalue weighted by Gasteiger charge is 2.08. The van der Waals surface area contributed by atoms with Gasteiger partial charge in [0.15, 0.2) is 0 Å². The predicted octanol–water partition coefficient (Wildman–Crippen LogP) is 3.07. The third-order valence-electron chi connectivity index (χ3n) is 2.12. The molecule has 1 rings (SSSR count). The maximum absolute atomic E-state index is 4.68. The molecule has 0 saturated carbocycles. The van der Waals surface area contributed by atoms with Crippen molar-refractivity contribution in [1.29, 1.82) is 0 Å². The number of hydrogen-bond acceptors (Lipinski definition) is 4. The molecule has 1 aromatic rings. The van der Waals surface area contributed by atoms with Crippen molar-refractivity contribution in [2.75, 3.05) is 12.3 Å². The normalized spacial score (nSPS) is 10.9. The molecule has 0 aliphatic carbocycles. The lowest BCUT2D eigenvalue weighted by Gasteiger charge is -1.99. The van der Waals surface area contributed by atoms with Crippen LogP contribution in [-0.2, 0) is 18.7 Å². The van der Waals surface area contributed by atoms with Crippen molar-refractivity contribution in [3.8, 4) is 0 Å². The van der Waals surface area contributed by atoms with E-state index in [0.717, 1.165) is 25.3 Å². The van der Waals surface area contributed by atoms with E-state index >= 15 is 0 Å². The van der Waals surface area contributed by atoms with E-state index in [1.54, 1.807) is 0 Å². The summed E-state index contributed by atoms with van der Waals surface area (Å²) in [7, 11) is 0. The van der Waals surface area contributed by atoms with Gasteiger partial charge in [-0.1, -0.05) is 20.8 Å². The molecule has 0 bridgehead atoms. The Balaban J connectivity index is 2.62. The van der Waals surface area contributed by atoms with Crippen LogP contribution in [0.2, 0.25) is 0 Å². The van der Waals surface area contributed by atoms with Gasteiger partial charge in [-0.2, -0.15) is 11.8 Å². The zero-order valence-corrected chi connectivity index (χ0v) is 11.4. The molecule has 0 aliphatic heterocycles. The van der Waals surface area contributed by atoms with E-state index in [-0.39, 0.29) is 0 Å². The minimum absolute atomic E-state index is 0.980. The zero-order chi connectivity index (χ0) is 11.1. The Morgan fingerprint density at radius 1 is 1.33 bits per heavy atom. The summed E-state index contributed by atoms with van der Waals surface area (Å²) in [6.45, 7) is 8.52. The van der Waals surface area contributed by atoms with Gasteiger partial charge in [0.2, 0.25) is 0 Å². The van der Waals surface area contributed by atoms with Crippen LogP contribution < -0.4 is 5.32 Å². The molecule has 4 heteroatoms. The van der Waals surface area contributed by atoms with Gasteiger partial charge in [-0.25, -0.2) is 4.98 Å². The highest BCUT2D eigenvalue weighted by atomic mass is 32.2. The Kier molecular flexibility index (Phi) is 6.29. The smallest absolute Gasteiger partial charge is 0.103 e. The van der Waals surface area contributed by atoms with Crippen LogP contribution in [0.4, 0.5) is 0 Å².